The molecule has 0 bridgehead atoms. The van der Waals surface area contributed by atoms with Crippen molar-refractivity contribution < 1.29 is 14.6 Å². The lowest BCUT2D eigenvalue weighted by atomic mass is 9.88. The lowest BCUT2D eigenvalue weighted by Crippen LogP contribution is -2.21. The molecule has 3 heteroatoms. The molecule has 0 aromatic heterocycles. The highest BCUT2D eigenvalue weighted by molar-refractivity contribution is 5.36. The Morgan fingerprint density at radius 1 is 1.36 bits per heavy atom. The number of hydrogen-bond acceptors (Lipinski definition) is 3. The van der Waals surface area contributed by atoms with E-state index in [1.807, 2.05) is 0 Å². The molecule has 0 heterocycles. The van der Waals surface area contributed by atoms with Crippen molar-refractivity contribution in [1.82, 2.24) is 0 Å². The van der Waals surface area contributed by atoms with Gasteiger partial charge in [-0.25, -0.2) is 0 Å². The van der Waals surface area contributed by atoms with E-state index in [1.165, 1.54) is 0 Å². The van der Waals surface area contributed by atoms with Crippen LogP contribution in [0.1, 0.15) is 25.7 Å². The van der Waals surface area contributed by atoms with Crippen molar-refractivity contribution in [2.75, 3.05) is 6.61 Å². The third-order valence-electron chi connectivity index (χ3n) is 2.22. The second kappa shape index (κ2) is 4.34. The second-order valence-corrected chi connectivity index (χ2v) is 3.10. The molecule has 1 N–H and O–H groups in total. The molecule has 1 aliphatic rings. The molecule has 1 fully saturated rings. The quantitative estimate of drug-likeness (QED) is 0.615. The Morgan fingerprint density at radius 2 is 2.00 bits per heavy atom. The van der Waals surface area contributed by atoms with Crippen molar-refractivity contribution in [3.05, 3.63) is 0 Å². The van der Waals surface area contributed by atoms with Gasteiger partial charge in [-0.1, -0.05) is 0 Å². The van der Waals surface area contributed by atoms with Gasteiger partial charge in [0, 0.05) is 0 Å². The predicted octanol–water partition coefficient (Wildman–Crippen LogP) is 0.711. The van der Waals surface area contributed by atoms with Crippen molar-refractivity contribution >= 4 is 6.47 Å². The van der Waals surface area contributed by atoms with Gasteiger partial charge in [0.05, 0.1) is 12.7 Å². The van der Waals surface area contributed by atoms with Gasteiger partial charge in [-0.05, 0) is 31.6 Å². The molecule has 64 valence electrons. The van der Waals surface area contributed by atoms with Gasteiger partial charge in [-0.3, -0.25) is 4.79 Å². The summed E-state index contributed by atoms with van der Waals surface area (Å²) in [7, 11) is 0. The van der Waals surface area contributed by atoms with E-state index in [2.05, 4.69) is 4.74 Å². The maximum atomic E-state index is 9.84. The van der Waals surface area contributed by atoms with Crippen molar-refractivity contribution in [3.63, 3.8) is 0 Å². The van der Waals surface area contributed by atoms with Crippen LogP contribution in [-0.2, 0) is 9.53 Å². The maximum Gasteiger partial charge on any atom is 0.293 e. The molecule has 3 nitrogen and oxygen atoms in total. The van der Waals surface area contributed by atoms with Gasteiger partial charge in [0.2, 0.25) is 0 Å². The summed E-state index contributed by atoms with van der Waals surface area (Å²) >= 11 is 0. The molecule has 0 amide bonds. The van der Waals surface area contributed by atoms with Gasteiger partial charge in [-0.2, -0.15) is 0 Å². The van der Waals surface area contributed by atoms with Crippen LogP contribution in [0.5, 0.6) is 0 Å². The van der Waals surface area contributed by atoms with Gasteiger partial charge >= 0.3 is 0 Å². The van der Waals surface area contributed by atoms with E-state index in [9.17, 15) is 4.79 Å². The second-order valence-electron chi connectivity index (χ2n) is 3.10. The summed E-state index contributed by atoms with van der Waals surface area (Å²) < 4.78 is 4.65. The van der Waals surface area contributed by atoms with Crippen molar-refractivity contribution in [1.29, 1.82) is 0 Å². The molecule has 0 saturated heterocycles. The molecule has 0 unspecified atom stereocenters. The Kier molecular flexibility index (Phi) is 3.36. The highest BCUT2D eigenvalue weighted by Crippen LogP contribution is 2.23. The zero-order valence-corrected chi connectivity index (χ0v) is 6.53. The molecule has 0 aromatic carbocycles. The van der Waals surface area contributed by atoms with Crippen LogP contribution in [0, 0.1) is 5.92 Å². The van der Waals surface area contributed by atoms with Crippen LogP contribution in [0.25, 0.3) is 0 Å². The molecule has 11 heavy (non-hydrogen) atoms. The topological polar surface area (TPSA) is 46.5 Å². The fourth-order valence-electron chi connectivity index (χ4n) is 1.49. The molecule has 0 radical (unpaired) electrons. The van der Waals surface area contributed by atoms with Crippen LogP contribution < -0.4 is 0 Å². The Labute approximate surface area is 66.4 Å². The highest BCUT2D eigenvalue weighted by atomic mass is 16.5. The normalized spacial score (nSPS) is 31.4. The van der Waals surface area contributed by atoms with Gasteiger partial charge in [0.25, 0.3) is 6.47 Å². The van der Waals surface area contributed by atoms with E-state index in [1.54, 1.807) is 0 Å². The van der Waals surface area contributed by atoms with E-state index in [0.29, 0.717) is 19.0 Å². The minimum atomic E-state index is -0.123. The minimum absolute atomic E-state index is 0.123. The number of carbonyl (C=O) groups excluding carboxylic acids is 1. The molecular formula is C8H14O3. The molecule has 0 atom stereocenters. The summed E-state index contributed by atoms with van der Waals surface area (Å²) in [5.74, 6) is 0.476. The lowest BCUT2D eigenvalue weighted by molar-refractivity contribution is -0.130. The third-order valence-corrected chi connectivity index (χ3v) is 2.22. The first-order valence-electron chi connectivity index (χ1n) is 4.06. The predicted molar refractivity (Wildman–Crippen MR) is 40.0 cm³/mol. The Bertz CT molecular complexity index is 117. The maximum absolute atomic E-state index is 9.84. The van der Waals surface area contributed by atoms with Crippen LogP contribution in [0.15, 0.2) is 0 Å². The zero-order chi connectivity index (χ0) is 8.10. The van der Waals surface area contributed by atoms with Crippen LogP contribution in [0.4, 0.5) is 0 Å². The monoisotopic (exact) mass is 158 g/mol. The summed E-state index contributed by atoms with van der Waals surface area (Å²) in [4.78, 5) is 9.84. The molecule has 1 saturated carbocycles. The summed E-state index contributed by atoms with van der Waals surface area (Å²) in [6.07, 6.45) is 3.55. The largest absolute Gasteiger partial charge is 0.468 e. The fourth-order valence-corrected chi connectivity index (χ4v) is 1.49. The van der Waals surface area contributed by atoms with E-state index < -0.39 is 0 Å². The Hall–Kier alpha value is -0.570. The van der Waals surface area contributed by atoms with Crippen molar-refractivity contribution in [2.45, 2.75) is 31.8 Å². The minimum Gasteiger partial charge on any atom is -0.468 e. The zero-order valence-electron chi connectivity index (χ0n) is 6.53. The van der Waals surface area contributed by atoms with Gasteiger partial charge in [0.15, 0.2) is 0 Å². The van der Waals surface area contributed by atoms with Gasteiger partial charge < -0.3 is 9.84 Å². The van der Waals surface area contributed by atoms with Crippen molar-refractivity contribution in [2.24, 2.45) is 5.92 Å². The van der Waals surface area contributed by atoms with E-state index in [0.717, 1.165) is 25.7 Å². The third kappa shape index (κ3) is 2.89. The van der Waals surface area contributed by atoms with Crippen LogP contribution >= 0.6 is 0 Å². The number of hydrogen-bond donors (Lipinski definition) is 1. The van der Waals surface area contributed by atoms with E-state index in [-0.39, 0.29) is 6.10 Å². The van der Waals surface area contributed by atoms with Gasteiger partial charge in [0.1, 0.15) is 0 Å². The SMILES string of the molecule is O=COC[C@H]1CC[C@@H](O)CC1. The summed E-state index contributed by atoms with van der Waals surface area (Å²) in [5.41, 5.74) is 0. The first-order valence-corrected chi connectivity index (χ1v) is 4.06. The molecule has 0 aromatic rings. The summed E-state index contributed by atoms with van der Waals surface area (Å²) in [6.45, 7) is 1.02. The first-order chi connectivity index (χ1) is 5.33. The summed E-state index contributed by atoms with van der Waals surface area (Å²) in [6, 6.07) is 0. The average molecular weight is 158 g/mol. The molecule has 1 rings (SSSR count). The van der Waals surface area contributed by atoms with Crippen LogP contribution in [-0.4, -0.2) is 24.3 Å². The number of ether oxygens (including phenoxy) is 1. The number of carbonyl (C=O) groups is 1. The molecule has 0 aliphatic heterocycles. The molecule has 0 spiro atoms. The lowest BCUT2D eigenvalue weighted by Gasteiger charge is -2.24. The van der Waals surface area contributed by atoms with Crippen LogP contribution in [0.3, 0.4) is 0 Å². The Balaban J connectivity index is 2.12. The van der Waals surface area contributed by atoms with Gasteiger partial charge in [-0.15, -0.1) is 0 Å². The molecular weight excluding hydrogens is 144 g/mol. The summed E-state index contributed by atoms with van der Waals surface area (Å²) in [5, 5.41) is 9.14. The molecule has 1 aliphatic carbocycles. The van der Waals surface area contributed by atoms with Crippen LogP contribution in [0.2, 0.25) is 0 Å². The Morgan fingerprint density at radius 3 is 2.55 bits per heavy atom. The number of aliphatic hydroxyl groups excluding tert-OH is 1. The van der Waals surface area contributed by atoms with E-state index >= 15 is 0 Å². The number of rotatable bonds is 3. The number of aliphatic hydroxyl groups is 1. The smallest absolute Gasteiger partial charge is 0.293 e. The van der Waals surface area contributed by atoms with E-state index in [4.69, 9.17) is 5.11 Å². The highest BCUT2D eigenvalue weighted by Gasteiger charge is 2.19. The van der Waals surface area contributed by atoms with Crippen molar-refractivity contribution in [3.8, 4) is 0 Å². The average Bonchev–Trinajstić information content (AvgIpc) is 2.04. The first kappa shape index (κ1) is 8.53. The standard InChI is InChI=1S/C8H14O3/c9-6-11-5-7-1-3-8(10)4-2-7/h6-8,10H,1-5H2/t7-,8+. The fraction of sp³-hybridized carbons (Fsp3) is 0.875.